The Bertz CT molecular complexity index is 897. The number of carbonyl (C=O) groups is 2. The molecular formula is C16H24N2O8S4. The van der Waals surface area contributed by atoms with Crippen molar-refractivity contribution in [1.82, 2.24) is 9.44 Å². The largest absolute Gasteiger partial charge is 0.462 e. The van der Waals surface area contributed by atoms with E-state index in [1.807, 2.05) is 0 Å². The zero-order valence-corrected chi connectivity index (χ0v) is 20.1. The van der Waals surface area contributed by atoms with Gasteiger partial charge in [-0.15, -0.1) is 0 Å². The van der Waals surface area contributed by atoms with E-state index >= 15 is 0 Å². The number of carbonyl (C=O) groups excluding carboxylic acids is 2. The number of esters is 2. The lowest BCUT2D eigenvalue weighted by Crippen LogP contribution is -2.25. The number of sulfone groups is 2. The van der Waals surface area contributed by atoms with Crippen LogP contribution in [0.25, 0.3) is 0 Å². The summed E-state index contributed by atoms with van der Waals surface area (Å²) in [6.07, 6.45) is 3.22. The fraction of sp³-hybridized carbons (Fsp3) is 0.500. The van der Waals surface area contributed by atoms with Crippen LogP contribution in [-0.4, -0.2) is 66.3 Å². The van der Waals surface area contributed by atoms with Crippen molar-refractivity contribution in [2.75, 3.05) is 37.5 Å². The van der Waals surface area contributed by atoms with Gasteiger partial charge in [0.1, 0.15) is 11.8 Å². The highest BCUT2D eigenvalue weighted by Gasteiger charge is 2.32. The van der Waals surface area contributed by atoms with Crippen molar-refractivity contribution in [2.24, 2.45) is 0 Å². The summed E-state index contributed by atoms with van der Waals surface area (Å²) in [4.78, 5) is 23.8. The van der Waals surface area contributed by atoms with Crippen molar-refractivity contribution >= 4 is 55.5 Å². The molecule has 0 saturated carbocycles. The molecule has 170 valence electrons. The fourth-order valence-corrected chi connectivity index (χ4v) is 6.28. The summed E-state index contributed by atoms with van der Waals surface area (Å²) in [5, 5.41) is 0. The molecule has 0 amide bonds. The zero-order chi connectivity index (χ0) is 22.9. The van der Waals surface area contributed by atoms with Gasteiger partial charge >= 0.3 is 11.9 Å². The molecule has 10 nitrogen and oxygen atoms in total. The maximum absolute atomic E-state index is 12.8. The van der Waals surface area contributed by atoms with Crippen molar-refractivity contribution in [1.29, 1.82) is 0 Å². The monoisotopic (exact) mass is 500 g/mol. The van der Waals surface area contributed by atoms with Crippen LogP contribution in [0.5, 0.6) is 0 Å². The van der Waals surface area contributed by atoms with E-state index in [-0.39, 0.29) is 13.2 Å². The molecule has 30 heavy (non-hydrogen) atoms. The van der Waals surface area contributed by atoms with Gasteiger partial charge in [-0.25, -0.2) is 35.9 Å². The maximum Gasteiger partial charge on any atom is 0.339 e. The van der Waals surface area contributed by atoms with E-state index in [1.54, 1.807) is 12.5 Å². The van der Waals surface area contributed by atoms with Gasteiger partial charge in [0.05, 0.1) is 34.1 Å². The second-order valence-electron chi connectivity index (χ2n) is 5.50. The molecule has 0 unspecified atom stereocenters. The highest BCUT2D eigenvalue weighted by atomic mass is 32.2. The lowest BCUT2D eigenvalue weighted by atomic mass is 10.1. The Morgan fingerprint density at radius 1 is 0.800 bits per heavy atom. The summed E-state index contributed by atoms with van der Waals surface area (Å²) in [5.41, 5.74) is -0.953. The van der Waals surface area contributed by atoms with Crippen LogP contribution >= 0.6 is 23.9 Å². The molecule has 0 heterocycles. The molecule has 0 saturated heterocycles. The highest BCUT2D eigenvalue weighted by molar-refractivity contribution is 7.98. The molecule has 0 bridgehead atoms. The molecule has 0 radical (unpaired) electrons. The van der Waals surface area contributed by atoms with Gasteiger partial charge in [-0.1, -0.05) is 23.9 Å². The predicted octanol–water partition coefficient (Wildman–Crippen LogP) is 1.24. The van der Waals surface area contributed by atoms with Crippen LogP contribution < -0.4 is 9.44 Å². The quantitative estimate of drug-likeness (QED) is 0.314. The number of hydrogen-bond acceptors (Lipinski definition) is 12. The Hall–Kier alpha value is -1.32. The number of rotatable bonds is 12. The molecule has 2 N–H and O–H groups in total. The fourth-order valence-electron chi connectivity index (χ4n) is 2.24. The number of hydrogen-bond donors (Lipinski definition) is 2. The summed E-state index contributed by atoms with van der Waals surface area (Å²) < 4.78 is 66.1. The molecule has 0 atom stereocenters. The zero-order valence-electron chi connectivity index (χ0n) is 16.9. The van der Waals surface area contributed by atoms with E-state index < -0.39 is 64.3 Å². The van der Waals surface area contributed by atoms with Crippen LogP contribution in [0.15, 0.2) is 21.9 Å². The third-order valence-electron chi connectivity index (χ3n) is 3.53. The van der Waals surface area contributed by atoms with Crippen molar-refractivity contribution in [3.63, 3.8) is 0 Å². The lowest BCUT2D eigenvalue weighted by molar-refractivity contribution is 0.0504. The average Bonchev–Trinajstić information content (AvgIpc) is 2.70. The van der Waals surface area contributed by atoms with Gasteiger partial charge in [0, 0.05) is 0 Å². The van der Waals surface area contributed by atoms with Crippen molar-refractivity contribution in [2.45, 2.75) is 23.6 Å². The molecule has 1 aromatic rings. The van der Waals surface area contributed by atoms with Crippen LogP contribution in [-0.2, 0) is 29.1 Å². The van der Waals surface area contributed by atoms with Gasteiger partial charge in [0.2, 0.25) is 0 Å². The molecule has 0 fully saturated rings. The smallest absolute Gasteiger partial charge is 0.339 e. The maximum atomic E-state index is 12.8. The first-order chi connectivity index (χ1) is 14.1. The first-order valence-corrected chi connectivity index (χ1v) is 14.3. The molecule has 0 aliphatic rings. The van der Waals surface area contributed by atoms with Gasteiger partial charge in [0.15, 0.2) is 19.7 Å². The van der Waals surface area contributed by atoms with Gasteiger partial charge < -0.3 is 9.47 Å². The summed E-state index contributed by atoms with van der Waals surface area (Å²) >= 11 is 2.08. The number of nitrogens with one attached hydrogen (secondary N) is 2. The number of benzene rings is 1. The van der Waals surface area contributed by atoms with Crippen LogP contribution in [0.3, 0.4) is 0 Å². The Balaban J connectivity index is 3.87. The molecule has 0 aliphatic carbocycles. The minimum atomic E-state index is -4.12. The van der Waals surface area contributed by atoms with E-state index in [4.69, 9.17) is 9.47 Å². The van der Waals surface area contributed by atoms with Crippen LogP contribution in [0.1, 0.15) is 34.6 Å². The third-order valence-corrected chi connectivity index (χ3v) is 7.83. The standard InChI is InChI=1S/C16H24N2O8S4/c1-5-25-15(19)11-7-14(30(23,24)10-18-28-4)12(16(20)26-6-2)8-13(11)29(21,22)9-17-27-3/h7-8,17-18H,5-6,9-10H2,1-4H3. The van der Waals surface area contributed by atoms with E-state index in [1.165, 1.54) is 13.8 Å². The Morgan fingerprint density at radius 2 is 1.13 bits per heavy atom. The average molecular weight is 501 g/mol. The summed E-state index contributed by atoms with van der Waals surface area (Å²) in [5.74, 6) is -3.15. The van der Waals surface area contributed by atoms with Gasteiger partial charge in [-0.05, 0) is 38.5 Å². The second-order valence-corrected chi connectivity index (χ2v) is 10.8. The molecule has 0 spiro atoms. The van der Waals surface area contributed by atoms with E-state index in [2.05, 4.69) is 9.44 Å². The Kier molecular flexibility index (Phi) is 10.6. The number of ether oxygens (including phenoxy) is 2. The van der Waals surface area contributed by atoms with Crippen LogP contribution in [0.4, 0.5) is 0 Å². The molecule has 1 rings (SSSR count). The van der Waals surface area contributed by atoms with Crippen LogP contribution in [0, 0.1) is 0 Å². The van der Waals surface area contributed by atoms with E-state index in [0.717, 1.165) is 36.0 Å². The van der Waals surface area contributed by atoms with Crippen LogP contribution in [0.2, 0.25) is 0 Å². The summed E-state index contributed by atoms with van der Waals surface area (Å²) in [6.45, 7) is 2.93. The SMILES string of the molecule is CCOC(=O)c1cc(S(=O)(=O)CNSC)c(C(=O)OCC)cc1S(=O)(=O)CNSC. The highest BCUT2D eigenvalue weighted by Crippen LogP contribution is 2.28. The van der Waals surface area contributed by atoms with Crippen molar-refractivity contribution in [3.8, 4) is 0 Å². The van der Waals surface area contributed by atoms with Gasteiger partial charge in [-0.2, -0.15) is 0 Å². The minimum Gasteiger partial charge on any atom is -0.462 e. The normalized spacial score (nSPS) is 11.9. The summed E-state index contributed by atoms with van der Waals surface area (Å²) in [6, 6.07) is 1.71. The van der Waals surface area contributed by atoms with E-state index in [0.29, 0.717) is 0 Å². The molecular weight excluding hydrogens is 476 g/mol. The topological polar surface area (TPSA) is 145 Å². The first kappa shape index (κ1) is 26.7. The Morgan fingerprint density at radius 3 is 1.40 bits per heavy atom. The first-order valence-electron chi connectivity index (χ1n) is 8.55. The minimum absolute atomic E-state index is 0.0584. The summed E-state index contributed by atoms with van der Waals surface area (Å²) in [7, 11) is -8.24. The second kappa shape index (κ2) is 11.9. The third kappa shape index (κ3) is 6.85. The molecule has 14 heteroatoms. The molecule has 0 aromatic heterocycles. The van der Waals surface area contributed by atoms with Gasteiger partial charge in [-0.3, -0.25) is 0 Å². The lowest BCUT2D eigenvalue weighted by Gasteiger charge is -2.16. The van der Waals surface area contributed by atoms with E-state index in [9.17, 15) is 26.4 Å². The molecule has 0 aliphatic heterocycles. The molecule has 1 aromatic carbocycles. The van der Waals surface area contributed by atoms with Gasteiger partial charge in [0.25, 0.3) is 0 Å². The predicted molar refractivity (Wildman–Crippen MR) is 116 cm³/mol. The van der Waals surface area contributed by atoms with Crippen molar-refractivity contribution in [3.05, 3.63) is 23.3 Å². The van der Waals surface area contributed by atoms with Crippen molar-refractivity contribution < 1.29 is 35.9 Å². The Labute approximate surface area is 184 Å².